The van der Waals surface area contributed by atoms with Crippen molar-refractivity contribution in [2.45, 2.75) is 25.4 Å². The number of rotatable bonds is 1. The lowest BCUT2D eigenvalue weighted by molar-refractivity contribution is 0.0468. The van der Waals surface area contributed by atoms with Crippen LogP contribution in [0, 0.1) is 0 Å². The molecule has 0 spiro atoms. The molecule has 1 aliphatic rings. The summed E-state index contributed by atoms with van der Waals surface area (Å²) >= 11 is 3.22. The molecule has 0 aliphatic carbocycles. The van der Waals surface area contributed by atoms with Crippen molar-refractivity contribution < 1.29 is 4.74 Å². The molecule has 1 nitrogen and oxygen atoms in total. The Bertz CT molecular complexity index is 95.1. The minimum Gasteiger partial charge on any atom is -0.374 e. The number of halogens is 1. The summed E-state index contributed by atoms with van der Waals surface area (Å²) in [5.41, 5.74) is 0. The Morgan fingerprint density at radius 1 is 1.44 bits per heavy atom. The highest BCUT2D eigenvalue weighted by Gasteiger charge is 2.08. The Labute approximate surface area is 64.2 Å². The highest BCUT2D eigenvalue weighted by Crippen LogP contribution is 2.13. The van der Waals surface area contributed by atoms with Crippen LogP contribution in [0.2, 0.25) is 0 Å². The van der Waals surface area contributed by atoms with E-state index in [9.17, 15) is 0 Å². The second-order valence-electron chi connectivity index (χ2n) is 2.22. The molecule has 52 valence electrons. The van der Waals surface area contributed by atoms with Gasteiger partial charge in [-0.1, -0.05) is 15.9 Å². The maximum atomic E-state index is 5.40. The third-order valence-corrected chi connectivity index (χ3v) is 1.81. The molecule has 0 aromatic rings. The maximum absolute atomic E-state index is 5.40. The fourth-order valence-electron chi connectivity index (χ4n) is 0.999. The molecule has 9 heavy (non-hydrogen) atoms. The zero-order chi connectivity index (χ0) is 6.53. The highest BCUT2D eigenvalue weighted by atomic mass is 79.9. The molecule has 2 heteroatoms. The van der Waals surface area contributed by atoms with Crippen molar-refractivity contribution >= 4 is 15.9 Å². The van der Waals surface area contributed by atoms with E-state index in [1.54, 1.807) is 0 Å². The van der Waals surface area contributed by atoms with Crippen LogP contribution in [0.15, 0.2) is 11.1 Å². The summed E-state index contributed by atoms with van der Waals surface area (Å²) in [5, 5.41) is 0. The molecule has 0 saturated carbocycles. The number of hydrogen-bond acceptors (Lipinski definition) is 1. The molecule has 1 rings (SSSR count). The van der Waals surface area contributed by atoms with Crippen molar-refractivity contribution in [1.29, 1.82) is 0 Å². The standard InChI is InChI=1S/C7H11BrO/c8-5-4-7-3-1-2-6-9-7/h4-5,7H,1-3,6H2/b5-4+. The third kappa shape index (κ3) is 2.50. The van der Waals surface area contributed by atoms with Crippen LogP contribution >= 0.6 is 15.9 Å². The van der Waals surface area contributed by atoms with Gasteiger partial charge in [0.2, 0.25) is 0 Å². The van der Waals surface area contributed by atoms with Crippen LogP contribution in [0.1, 0.15) is 19.3 Å². The van der Waals surface area contributed by atoms with Gasteiger partial charge in [0.05, 0.1) is 6.10 Å². The molecule has 0 radical (unpaired) electrons. The van der Waals surface area contributed by atoms with Crippen molar-refractivity contribution in [3.63, 3.8) is 0 Å². The summed E-state index contributed by atoms with van der Waals surface area (Å²) in [6.07, 6.45) is 6.15. The maximum Gasteiger partial charge on any atom is 0.0763 e. The van der Waals surface area contributed by atoms with E-state index in [-0.39, 0.29) is 0 Å². The minimum absolute atomic E-state index is 0.373. The first-order valence-electron chi connectivity index (χ1n) is 3.32. The highest BCUT2D eigenvalue weighted by molar-refractivity contribution is 9.11. The average molecular weight is 191 g/mol. The van der Waals surface area contributed by atoms with E-state index in [0.717, 1.165) is 6.61 Å². The van der Waals surface area contributed by atoms with Crippen LogP contribution in [0.5, 0.6) is 0 Å². The van der Waals surface area contributed by atoms with E-state index in [1.807, 2.05) is 4.99 Å². The lowest BCUT2D eigenvalue weighted by Gasteiger charge is -2.18. The van der Waals surface area contributed by atoms with E-state index in [1.165, 1.54) is 19.3 Å². The molecule has 1 saturated heterocycles. The SMILES string of the molecule is Br/C=C/C1CCCCO1. The molecule has 0 bridgehead atoms. The van der Waals surface area contributed by atoms with Gasteiger partial charge in [-0.25, -0.2) is 0 Å². The predicted molar refractivity (Wildman–Crippen MR) is 41.7 cm³/mol. The van der Waals surface area contributed by atoms with Gasteiger partial charge in [0.25, 0.3) is 0 Å². The van der Waals surface area contributed by atoms with Crippen LogP contribution in [0.4, 0.5) is 0 Å². The van der Waals surface area contributed by atoms with E-state index in [4.69, 9.17) is 4.74 Å². The second kappa shape index (κ2) is 4.07. The van der Waals surface area contributed by atoms with Gasteiger partial charge in [-0.2, -0.15) is 0 Å². The molecule has 0 aromatic heterocycles. The molecule has 1 fully saturated rings. The summed E-state index contributed by atoms with van der Waals surface area (Å²) in [6, 6.07) is 0. The lowest BCUT2D eigenvalue weighted by Crippen LogP contribution is -2.15. The first-order chi connectivity index (χ1) is 4.43. The summed E-state index contributed by atoms with van der Waals surface area (Å²) in [4.78, 5) is 1.88. The quantitative estimate of drug-likeness (QED) is 0.618. The zero-order valence-corrected chi connectivity index (χ0v) is 6.93. The first-order valence-corrected chi connectivity index (χ1v) is 4.23. The normalized spacial score (nSPS) is 29.2. The van der Waals surface area contributed by atoms with E-state index in [2.05, 4.69) is 22.0 Å². The molecule has 0 amide bonds. The zero-order valence-electron chi connectivity index (χ0n) is 5.35. The minimum atomic E-state index is 0.373. The molecule has 1 atom stereocenters. The predicted octanol–water partition coefficient (Wildman–Crippen LogP) is 2.46. The van der Waals surface area contributed by atoms with E-state index >= 15 is 0 Å². The van der Waals surface area contributed by atoms with Gasteiger partial charge in [0.15, 0.2) is 0 Å². The van der Waals surface area contributed by atoms with E-state index < -0.39 is 0 Å². The second-order valence-corrected chi connectivity index (χ2v) is 2.75. The van der Waals surface area contributed by atoms with Gasteiger partial charge in [-0.15, -0.1) is 0 Å². The topological polar surface area (TPSA) is 9.23 Å². The molecule has 1 heterocycles. The van der Waals surface area contributed by atoms with Crippen LogP contribution in [0.3, 0.4) is 0 Å². The summed E-state index contributed by atoms with van der Waals surface area (Å²) in [5.74, 6) is 0. The number of ether oxygens (including phenoxy) is 1. The van der Waals surface area contributed by atoms with Gasteiger partial charge >= 0.3 is 0 Å². The van der Waals surface area contributed by atoms with Crippen molar-refractivity contribution in [2.24, 2.45) is 0 Å². The van der Waals surface area contributed by atoms with Crippen molar-refractivity contribution in [1.82, 2.24) is 0 Å². The number of hydrogen-bond donors (Lipinski definition) is 0. The summed E-state index contributed by atoms with van der Waals surface area (Å²) in [7, 11) is 0. The molecular formula is C7H11BrO. The van der Waals surface area contributed by atoms with Gasteiger partial charge in [0.1, 0.15) is 0 Å². The fourth-order valence-corrected chi connectivity index (χ4v) is 1.34. The fraction of sp³-hybridized carbons (Fsp3) is 0.714. The van der Waals surface area contributed by atoms with Crippen molar-refractivity contribution in [3.8, 4) is 0 Å². The van der Waals surface area contributed by atoms with Crippen LogP contribution in [0.25, 0.3) is 0 Å². The summed E-state index contributed by atoms with van der Waals surface area (Å²) in [6.45, 7) is 0.933. The molecule has 0 N–H and O–H groups in total. The van der Waals surface area contributed by atoms with Gasteiger partial charge in [0, 0.05) is 6.61 Å². The Morgan fingerprint density at radius 3 is 2.89 bits per heavy atom. The van der Waals surface area contributed by atoms with Crippen LogP contribution in [-0.2, 0) is 4.74 Å². The van der Waals surface area contributed by atoms with Crippen LogP contribution < -0.4 is 0 Å². The average Bonchev–Trinajstić information content (AvgIpc) is 1.91. The van der Waals surface area contributed by atoms with Gasteiger partial charge in [-0.3, -0.25) is 0 Å². The summed E-state index contributed by atoms with van der Waals surface area (Å²) < 4.78 is 5.40. The molecule has 1 unspecified atom stereocenters. The monoisotopic (exact) mass is 190 g/mol. The first kappa shape index (κ1) is 7.29. The van der Waals surface area contributed by atoms with E-state index in [0.29, 0.717) is 6.10 Å². The molecule has 0 aromatic carbocycles. The van der Waals surface area contributed by atoms with Crippen LogP contribution in [-0.4, -0.2) is 12.7 Å². The Morgan fingerprint density at radius 2 is 2.33 bits per heavy atom. The smallest absolute Gasteiger partial charge is 0.0763 e. The Kier molecular flexibility index (Phi) is 3.30. The third-order valence-electron chi connectivity index (χ3n) is 1.50. The Hall–Kier alpha value is 0.180. The largest absolute Gasteiger partial charge is 0.374 e. The van der Waals surface area contributed by atoms with Crippen molar-refractivity contribution in [2.75, 3.05) is 6.61 Å². The lowest BCUT2D eigenvalue weighted by atomic mass is 10.1. The van der Waals surface area contributed by atoms with Crippen molar-refractivity contribution in [3.05, 3.63) is 11.1 Å². The van der Waals surface area contributed by atoms with Gasteiger partial charge < -0.3 is 4.74 Å². The molecular weight excluding hydrogens is 180 g/mol. The Balaban J connectivity index is 2.23. The van der Waals surface area contributed by atoms with Gasteiger partial charge in [-0.05, 0) is 30.3 Å². The molecule has 1 aliphatic heterocycles.